The fraction of sp³-hybridized carbons (Fsp3) is 0.610. The number of carbonyl (C=O) groups is 2. The molecule has 5 aliphatic rings. The van der Waals surface area contributed by atoms with E-state index >= 15 is 4.39 Å². The van der Waals surface area contributed by atoms with Gasteiger partial charge in [-0.05, 0) is 118 Å². The second kappa shape index (κ2) is 15.9. The maximum atomic E-state index is 15.0. The second-order valence-electron chi connectivity index (χ2n) is 16.3. The molecule has 4 saturated heterocycles. The molecule has 2 aromatic carbocycles. The number of nitrogens with zero attached hydrogens (tertiary/aromatic N) is 4. The van der Waals surface area contributed by atoms with Crippen LogP contribution in [0.4, 0.5) is 14.9 Å². The standard InChI is InChI=1S/C41H56FN5O6S/c1-4-38(48)46-23-30(24-46)25-54(50,51)35-14-12-34(13-15-35)47-27-40(28-47,53-3)26-45-20-16-31(17-21-45)41(29-44-18-7-19-44,32-8-5-9-33(42)22-32)36-10-6-11-37(36)43-39(49)52-2/h4-5,8-9,12-15,22,30-31,36-37H,1,6-7,10-11,16-21,23-29H2,2-3H3,(H,43,49)/t36-,37?,41-/m0/s1. The van der Waals surface area contributed by atoms with Gasteiger partial charge >= 0.3 is 6.09 Å². The van der Waals surface area contributed by atoms with Crippen molar-refractivity contribution in [1.29, 1.82) is 0 Å². The van der Waals surface area contributed by atoms with Gasteiger partial charge in [0.05, 0.1) is 30.8 Å². The minimum Gasteiger partial charge on any atom is -0.453 e. The highest BCUT2D eigenvalue weighted by atomic mass is 32.2. The average Bonchev–Trinajstić information content (AvgIpc) is 3.59. The maximum absolute atomic E-state index is 15.0. The second-order valence-corrected chi connectivity index (χ2v) is 18.4. The van der Waals surface area contributed by atoms with Crippen molar-refractivity contribution in [3.05, 3.63) is 72.6 Å². The van der Waals surface area contributed by atoms with Gasteiger partial charge in [-0.3, -0.25) is 4.79 Å². The SMILES string of the molecule is C=CC(=O)N1CC(CS(=O)(=O)c2ccc(N3CC(CN4CCC([C@@](CN5CCC5)(c5cccc(F)c5)[C@H]5CCCC5NC(=O)OC)CC4)(OC)C3)cc2)C1. The van der Waals surface area contributed by atoms with Crippen LogP contribution in [0.2, 0.25) is 0 Å². The van der Waals surface area contributed by atoms with Crippen LogP contribution in [0.15, 0.2) is 66.1 Å². The molecule has 1 N–H and O–H groups in total. The normalized spacial score (nSPS) is 24.9. The summed E-state index contributed by atoms with van der Waals surface area (Å²) in [6.45, 7) is 11.3. The molecule has 13 heteroatoms. The molecule has 2 aromatic rings. The molecule has 4 heterocycles. The van der Waals surface area contributed by atoms with Crippen molar-refractivity contribution in [2.24, 2.45) is 17.8 Å². The van der Waals surface area contributed by atoms with Crippen molar-refractivity contribution in [2.75, 3.05) is 90.3 Å². The molecule has 7 rings (SSSR count). The largest absolute Gasteiger partial charge is 0.453 e. The van der Waals surface area contributed by atoms with Gasteiger partial charge in [0.1, 0.15) is 11.4 Å². The van der Waals surface area contributed by atoms with Crippen LogP contribution in [-0.4, -0.2) is 132 Å². The highest BCUT2D eigenvalue weighted by Gasteiger charge is 2.54. The summed E-state index contributed by atoms with van der Waals surface area (Å²) in [5, 5.41) is 3.18. The topological polar surface area (TPSA) is 112 Å². The third kappa shape index (κ3) is 7.79. The lowest BCUT2D eigenvalue weighted by Gasteiger charge is -2.55. The third-order valence-corrected chi connectivity index (χ3v) is 15.0. The van der Waals surface area contributed by atoms with Gasteiger partial charge in [0.15, 0.2) is 9.84 Å². The zero-order valence-electron chi connectivity index (χ0n) is 31.8. The van der Waals surface area contributed by atoms with E-state index in [1.807, 2.05) is 18.2 Å². The number of nitrogens with one attached hydrogen (secondary N) is 1. The van der Waals surface area contributed by atoms with Crippen molar-refractivity contribution >= 4 is 27.5 Å². The van der Waals surface area contributed by atoms with E-state index in [1.54, 1.807) is 30.2 Å². The van der Waals surface area contributed by atoms with Crippen molar-refractivity contribution in [3.8, 4) is 0 Å². The number of methoxy groups -OCH3 is 2. The molecule has 1 aliphatic carbocycles. The molecule has 3 atom stereocenters. The number of hydrogen-bond donors (Lipinski definition) is 1. The number of halogens is 1. The van der Waals surface area contributed by atoms with Crippen LogP contribution in [0.3, 0.4) is 0 Å². The van der Waals surface area contributed by atoms with Crippen LogP contribution < -0.4 is 10.2 Å². The molecule has 5 fully saturated rings. The van der Waals surface area contributed by atoms with Gasteiger partial charge in [0.2, 0.25) is 5.91 Å². The number of rotatable bonds is 14. The molecule has 2 amide bonds. The average molecular weight is 766 g/mol. The number of alkyl carbamates (subject to hydrolysis) is 1. The smallest absolute Gasteiger partial charge is 0.407 e. The number of hydrogen-bond acceptors (Lipinski definition) is 9. The van der Waals surface area contributed by atoms with Crippen LogP contribution in [-0.2, 0) is 29.5 Å². The maximum Gasteiger partial charge on any atom is 0.407 e. The van der Waals surface area contributed by atoms with E-state index in [4.69, 9.17) is 9.47 Å². The van der Waals surface area contributed by atoms with Gasteiger partial charge in [0, 0.05) is 56.4 Å². The van der Waals surface area contributed by atoms with Gasteiger partial charge < -0.3 is 34.4 Å². The number of amides is 2. The molecular weight excluding hydrogens is 710 g/mol. The number of likely N-dealkylation sites (tertiary alicyclic amines) is 3. The number of piperidine rings is 1. The first-order valence-electron chi connectivity index (χ1n) is 19.6. The van der Waals surface area contributed by atoms with Crippen molar-refractivity contribution in [3.63, 3.8) is 0 Å². The van der Waals surface area contributed by atoms with Crippen LogP contribution >= 0.6 is 0 Å². The van der Waals surface area contributed by atoms with E-state index in [2.05, 4.69) is 32.7 Å². The highest BCUT2D eigenvalue weighted by molar-refractivity contribution is 7.91. The van der Waals surface area contributed by atoms with Gasteiger partial charge in [-0.2, -0.15) is 0 Å². The molecular formula is C41H56FN5O6S. The fourth-order valence-corrected chi connectivity index (χ4v) is 11.7. The minimum absolute atomic E-state index is 0.0215. The van der Waals surface area contributed by atoms with Gasteiger partial charge in [-0.1, -0.05) is 25.1 Å². The van der Waals surface area contributed by atoms with E-state index < -0.39 is 15.9 Å². The zero-order valence-corrected chi connectivity index (χ0v) is 32.6. The Bertz CT molecular complexity index is 1770. The Morgan fingerprint density at radius 3 is 2.31 bits per heavy atom. The first-order chi connectivity index (χ1) is 26.0. The lowest BCUT2D eigenvalue weighted by molar-refractivity contribution is -0.131. The number of carbonyl (C=O) groups excluding carboxylic acids is 2. The molecule has 0 bridgehead atoms. The van der Waals surface area contributed by atoms with Crippen LogP contribution in [0, 0.1) is 23.6 Å². The van der Waals surface area contributed by atoms with E-state index in [9.17, 15) is 18.0 Å². The summed E-state index contributed by atoms with van der Waals surface area (Å²) in [5.41, 5.74) is 1.36. The molecule has 0 spiro atoms. The third-order valence-electron chi connectivity index (χ3n) is 13.1. The van der Waals surface area contributed by atoms with Crippen LogP contribution in [0.1, 0.15) is 44.1 Å². The molecule has 0 radical (unpaired) electrons. The Kier molecular flexibility index (Phi) is 11.4. The molecule has 1 unspecified atom stereocenters. The molecule has 4 aliphatic heterocycles. The fourth-order valence-electron chi connectivity index (χ4n) is 10.1. The zero-order chi connectivity index (χ0) is 38.1. The Morgan fingerprint density at radius 2 is 1.70 bits per heavy atom. The Labute approximate surface area is 319 Å². The quantitative estimate of drug-likeness (QED) is 0.281. The number of benzene rings is 2. The molecule has 54 heavy (non-hydrogen) atoms. The molecule has 294 valence electrons. The number of sulfone groups is 1. The Balaban J connectivity index is 1.00. The minimum atomic E-state index is -3.47. The van der Waals surface area contributed by atoms with Crippen molar-refractivity contribution in [1.82, 2.24) is 20.0 Å². The summed E-state index contributed by atoms with van der Waals surface area (Å²) < 4.78 is 52.5. The summed E-state index contributed by atoms with van der Waals surface area (Å²) in [7, 11) is -0.280. The number of anilines is 1. The van der Waals surface area contributed by atoms with Gasteiger partial charge in [-0.15, -0.1) is 0 Å². The summed E-state index contributed by atoms with van der Waals surface area (Å²) >= 11 is 0. The summed E-state index contributed by atoms with van der Waals surface area (Å²) in [6.07, 6.45) is 6.84. The van der Waals surface area contributed by atoms with Crippen LogP contribution in [0.25, 0.3) is 0 Å². The van der Waals surface area contributed by atoms with E-state index in [0.29, 0.717) is 37.0 Å². The lowest BCUT2D eigenvalue weighted by Crippen LogP contribution is -2.68. The highest BCUT2D eigenvalue weighted by Crippen LogP contribution is 2.51. The Morgan fingerprint density at radius 1 is 0.981 bits per heavy atom. The van der Waals surface area contributed by atoms with Gasteiger partial charge in [0.25, 0.3) is 0 Å². The predicted molar refractivity (Wildman–Crippen MR) is 206 cm³/mol. The van der Waals surface area contributed by atoms with Crippen LogP contribution in [0.5, 0.6) is 0 Å². The number of ether oxygens (including phenoxy) is 2. The first kappa shape index (κ1) is 38.7. The van der Waals surface area contributed by atoms with Crippen molar-refractivity contribution < 1.29 is 31.9 Å². The summed E-state index contributed by atoms with van der Waals surface area (Å²) in [4.78, 5) is 33.4. The first-order valence-corrected chi connectivity index (χ1v) is 21.2. The molecule has 1 saturated carbocycles. The van der Waals surface area contributed by atoms with E-state index in [0.717, 1.165) is 82.6 Å². The van der Waals surface area contributed by atoms with Gasteiger partial charge in [-0.25, -0.2) is 17.6 Å². The Hall–Kier alpha value is -3.52. The lowest BCUT2D eigenvalue weighted by atomic mass is 9.57. The van der Waals surface area contributed by atoms with E-state index in [1.165, 1.54) is 25.7 Å². The molecule has 11 nitrogen and oxygen atoms in total. The van der Waals surface area contributed by atoms with E-state index in [-0.39, 0.29) is 46.4 Å². The summed E-state index contributed by atoms with van der Waals surface area (Å²) in [5.74, 6) is 0.0495. The molecule has 0 aromatic heterocycles. The predicted octanol–water partition coefficient (Wildman–Crippen LogP) is 4.33. The van der Waals surface area contributed by atoms with Crippen molar-refractivity contribution in [2.45, 2.75) is 60.5 Å². The monoisotopic (exact) mass is 765 g/mol. The summed E-state index contributed by atoms with van der Waals surface area (Å²) in [6, 6.07) is 14.3.